The summed E-state index contributed by atoms with van der Waals surface area (Å²) in [6.45, 7) is 3.99. The van der Waals surface area contributed by atoms with E-state index in [0.717, 1.165) is 43.6 Å². The average Bonchev–Trinajstić information content (AvgIpc) is 3.05. The SMILES string of the molecule is CCc1ccc(C(=O)N2CCC3(CC2)CCN(c2cccnc2)C3=O)cn1. The minimum atomic E-state index is -0.336. The van der Waals surface area contributed by atoms with E-state index in [1.165, 1.54) is 0 Å². The largest absolute Gasteiger partial charge is 0.339 e. The second-order valence-electron chi connectivity index (χ2n) is 7.38. The predicted molar refractivity (Wildman–Crippen MR) is 102 cm³/mol. The third kappa shape index (κ3) is 3.20. The van der Waals surface area contributed by atoms with Crippen molar-refractivity contribution in [3.63, 3.8) is 0 Å². The minimum Gasteiger partial charge on any atom is -0.339 e. The van der Waals surface area contributed by atoms with Crippen molar-refractivity contribution in [3.05, 3.63) is 54.1 Å². The number of piperidine rings is 1. The Balaban J connectivity index is 1.42. The quantitative estimate of drug-likeness (QED) is 0.840. The lowest BCUT2D eigenvalue weighted by molar-refractivity contribution is -0.127. The van der Waals surface area contributed by atoms with E-state index in [0.29, 0.717) is 18.7 Å². The van der Waals surface area contributed by atoms with Crippen LogP contribution in [0.3, 0.4) is 0 Å². The number of pyridine rings is 2. The molecule has 140 valence electrons. The molecule has 0 N–H and O–H groups in total. The first-order valence-corrected chi connectivity index (χ1v) is 9.59. The number of amides is 2. The molecule has 6 nitrogen and oxygen atoms in total. The highest BCUT2D eigenvalue weighted by molar-refractivity contribution is 6.00. The first kappa shape index (κ1) is 17.6. The lowest BCUT2D eigenvalue weighted by Crippen LogP contribution is -2.46. The van der Waals surface area contributed by atoms with Gasteiger partial charge in [-0.15, -0.1) is 0 Å². The number of nitrogens with zero attached hydrogens (tertiary/aromatic N) is 4. The number of anilines is 1. The molecule has 4 heterocycles. The van der Waals surface area contributed by atoms with Gasteiger partial charge in [0.05, 0.1) is 22.9 Å². The summed E-state index contributed by atoms with van der Waals surface area (Å²) in [5, 5.41) is 0. The fourth-order valence-electron chi connectivity index (χ4n) is 4.12. The summed E-state index contributed by atoms with van der Waals surface area (Å²) >= 11 is 0. The van der Waals surface area contributed by atoms with Crippen LogP contribution < -0.4 is 4.90 Å². The van der Waals surface area contributed by atoms with Crippen LogP contribution in [-0.4, -0.2) is 46.3 Å². The van der Waals surface area contributed by atoms with Gasteiger partial charge in [-0.2, -0.15) is 0 Å². The number of carbonyl (C=O) groups excluding carboxylic acids is 2. The van der Waals surface area contributed by atoms with Crippen LogP contribution in [-0.2, 0) is 11.2 Å². The maximum Gasteiger partial charge on any atom is 0.255 e. The Morgan fingerprint density at radius 2 is 1.89 bits per heavy atom. The number of hydrogen-bond acceptors (Lipinski definition) is 4. The molecule has 1 spiro atoms. The summed E-state index contributed by atoms with van der Waals surface area (Å²) < 4.78 is 0. The van der Waals surface area contributed by atoms with Crippen molar-refractivity contribution in [2.75, 3.05) is 24.5 Å². The van der Waals surface area contributed by atoms with Crippen LogP contribution in [0.25, 0.3) is 0 Å². The molecule has 0 unspecified atom stereocenters. The van der Waals surface area contributed by atoms with Gasteiger partial charge in [-0.1, -0.05) is 6.92 Å². The van der Waals surface area contributed by atoms with Crippen molar-refractivity contribution in [1.82, 2.24) is 14.9 Å². The molecule has 0 atom stereocenters. The number of hydrogen-bond donors (Lipinski definition) is 0. The molecule has 4 rings (SSSR count). The highest BCUT2D eigenvalue weighted by atomic mass is 16.2. The maximum atomic E-state index is 13.1. The number of aromatic nitrogens is 2. The zero-order valence-corrected chi connectivity index (χ0v) is 15.6. The average molecular weight is 364 g/mol. The molecule has 2 aromatic heterocycles. The fraction of sp³-hybridized carbons (Fsp3) is 0.429. The number of carbonyl (C=O) groups is 2. The second kappa shape index (κ2) is 7.10. The van der Waals surface area contributed by atoms with Crippen LogP contribution in [0.2, 0.25) is 0 Å². The van der Waals surface area contributed by atoms with Gasteiger partial charge in [0.15, 0.2) is 0 Å². The zero-order valence-electron chi connectivity index (χ0n) is 15.6. The van der Waals surface area contributed by atoms with E-state index < -0.39 is 0 Å². The van der Waals surface area contributed by atoms with E-state index >= 15 is 0 Å². The topological polar surface area (TPSA) is 66.4 Å². The van der Waals surface area contributed by atoms with Gasteiger partial charge in [-0.05, 0) is 49.9 Å². The summed E-state index contributed by atoms with van der Waals surface area (Å²) in [5.74, 6) is 0.186. The van der Waals surface area contributed by atoms with Crippen LogP contribution in [0, 0.1) is 5.41 Å². The number of likely N-dealkylation sites (tertiary alicyclic amines) is 1. The van der Waals surface area contributed by atoms with Crippen molar-refractivity contribution in [2.24, 2.45) is 5.41 Å². The highest BCUT2D eigenvalue weighted by Gasteiger charge is 2.49. The van der Waals surface area contributed by atoms with Crippen LogP contribution >= 0.6 is 0 Å². The Morgan fingerprint density at radius 1 is 1.11 bits per heavy atom. The van der Waals surface area contributed by atoms with Crippen molar-refractivity contribution in [1.29, 1.82) is 0 Å². The Kier molecular flexibility index (Phi) is 4.64. The van der Waals surface area contributed by atoms with Gasteiger partial charge in [0.2, 0.25) is 5.91 Å². The Labute approximate surface area is 159 Å². The summed E-state index contributed by atoms with van der Waals surface area (Å²) in [4.78, 5) is 38.0. The summed E-state index contributed by atoms with van der Waals surface area (Å²) in [7, 11) is 0. The van der Waals surface area contributed by atoms with E-state index in [4.69, 9.17) is 0 Å². The third-order valence-electron chi connectivity index (χ3n) is 5.91. The highest BCUT2D eigenvalue weighted by Crippen LogP contribution is 2.43. The fourth-order valence-corrected chi connectivity index (χ4v) is 4.12. The molecule has 0 aliphatic carbocycles. The van der Waals surface area contributed by atoms with Crippen molar-refractivity contribution in [3.8, 4) is 0 Å². The van der Waals surface area contributed by atoms with Crippen molar-refractivity contribution in [2.45, 2.75) is 32.6 Å². The standard InChI is InChI=1S/C21H24N4O2/c1-2-17-6-5-16(14-23-17)19(26)24-11-7-21(8-12-24)9-13-25(20(21)27)18-4-3-10-22-15-18/h3-6,10,14-15H,2,7-9,11-13H2,1H3. The first-order chi connectivity index (χ1) is 13.1. The molecule has 2 aromatic rings. The third-order valence-corrected chi connectivity index (χ3v) is 5.91. The first-order valence-electron chi connectivity index (χ1n) is 9.59. The van der Waals surface area contributed by atoms with Gasteiger partial charge in [-0.3, -0.25) is 19.6 Å². The molecule has 6 heteroatoms. The van der Waals surface area contributed by atoms with E-state index in [1.807, 2.05) is 41.0 Å². The van der Waals surface area contributed by atoms with E-state index in [-0.39, 0.29) is 17.2 Å². The monoisotopic (exact) mass is 364 g/mol. The number of rotatable bonds is 3. The normalized spacial score (nSPS) is 18.9. The predicted octanol–water partition coefficient (Wildman–Crippen LogP) is 2.70. The second-order valence-corrected chi connectivity index (χ2v) is 7.38. The van der Waals surface area contributed by atoms with E-state index in [1.54, 1.807) is 18.6 Å². The lowest BCUT2D eigenvalue weighted by Gasteiger charge is -2.38. The van der Waals surface area contributed by atoms with Crippen molar-refractivity contribution >= 4 is 17.5 Å². The molecular formula is C21H24N4O2. The van der Waals surface area contributed by atoms with Gasteiger partial charge < -0.3 is 9.80 Å². The smallest absolute Gasteiger partial charge is 0.255 e. The summed E-state index contributed by atoms with van der Waals surface area (Å²) in [6, 6.07) is 7.54. The molecule has 0 aromatic carbocycles. The maximum absolute atomic E-state index is 13.1. The van der Waals surface area contributed by atoms with Crippen molar-refractivity contribution < 1.29 is 9.59 Å². The molecule has 27 heavy (non-hydrogen) atoms. The Morgan fingerprint density at radius 3 is 2.52 bits per heavy atom. The summed E-state index contributed by atoms with van der Waals surface area (Å²) in [6.07, 6.45) is 8.25. The van der Waals surface area contributed by atoms with Gasteiger partial charge in [-0.25, -0.2) is 0 Å². The number of aryl methyl sites for hydroxylation is 1. The van der Waals surface area contributed by atoms with Crippen LogP contribution in [0.5, 0.6) is 0 Å². The molecule has 0 radical (unpaired) electrons. The molecule has 0 saturated carbocycles. The van der Waals surface area contributed by atoms with Gasteiger partial charge in [0, 0.05) is 37.7 Å². The van der Waals surface area contributed by atoms with Gasteiger partial charge >= 0.3 is 0 Å². The minimum absolute atomic E-state index is 0.00886. The Bertz CT molecular complexity index is 827. The Hall–Kier alpha value is -2.76. The van der Waals surface area contributed by atoms with E-state index in [2.05, 4.69) is 9.97 Å². The van der Waals surface area contributed by atoms with Crippen LogP contribution in [0.4, 0.5) is 5.69 Å². The lowest BCUT2D eigenvalue weighted by atomic mass is 9.77. The summed E-state index contributed by atoms with van der Waals surface area (Å²) in [5.41, 5.74) is 2.13. The zero-order chi connectivity index (χ0) is 18.9. The molecule has 0 bridgehead atoms. The molecule has 2 saturated heterocycles. The van der Waals surface area contributed by atoms with Gasteiger partial charge in [0.25, 0.3) is 5.91 Å². The van der Waals surface area contributed by atoms with Gasteiger partial charge in [0.1, 0.15) is 0 Å². The van der Waals surface area contributed by atoms with Crippen LogP contribution in [0.15, 0.2) is 42.9 Å². The van der Waals surface area contributed by atoms with Crippen LogP contribution in [0.1, 0.15) is 42.2 Å². The molecule has 2 aliphatic heterocycles. The molecule has 2 fully saturated rings. The molecular weight excluding hydrogens is 340 g/mol. The molecule has 2 aliphatic rings. The van der Waals surface area contributed by atoms with E-state index in [9.17, 15) is 9.59 Å². The molecule has 2 amide bonds.